The smallest absolute Gasteiger partial charge is 0.262 e. The number of carbonyl (C=O) groups is 1. The molecule has 0 unspecified atom stereocenters. The van der Waals surface area contributed by atoms with Gasteiger partial charge in [0, 0.05) is 11.8 Å². The number of hydrogen-bond donors (Lipinski definition) is 2. The SMILES string of the molecule is C[C@H]1C[C@H](C)C[NH+](Cc2nc3ccccc3c(=O)n2CC(N)=O)C1. The number of nitrogens with one attached hydrogen (secondary N) is 1. The fraction of sp³-hybridized carbons (Fsp3) is 0.500. The number of amides is 1. The van der Waals surface area contributed by atoms with Crippen LogP contribution in [0.2, 0.25) is 0 Å². The topological polar surface area (TPSA) is 82.4 Å². The van der Waals surface area contributed by atoms with Crippen LogP contribution in [0, 0.1) is 11.8 Å². The Kier molecular flexibility index (Phi) is 4.66. The van der Waals surface area contributed by atoms with Gasteiger partial charge in [0.25, 0.3) is 5.56 Å². The number of aromatic nitrogens is 2. The Hall–Kier alpha value is -2.21. The number of rotatable bonds is 4. The van der Waals surface area contributed by atoms with E-state index in [0.717, 1.165) is 13.1 Å². The van der Waals surface area contributed by atoms with Gasteiger partial charge in [-0.3, -0.25) is 14.2 Å². The Balaban J connectivity index is 2.01. The summed E-state index contributed by atoms with van der Waals surface area (Å²) in [7, 11) is 0. The molecule has 1 aromatic carbocycles. The number of piperidine rings is 1. The number of carbonyl (C=O) groups excluding carboxylic acids is 1. The molecule has 1 aliphatic heterocycles. The van der Waals surface area contributed by atoms with Crippen molar-refractivity contribution in [2.45, 2.75) is 33.4 Å². The summed E-state index contributed by atoms with van der Waals surface area (Å²) in [6.07, 6.45) is 1.24. The van der Waals surface area contributed by atoms with E-state index in [1.165, 1.54) is 15.9 Å². The summed E-state index contributed by atoms with van der Waals surface area (Å²) < 4.78 is 1.45. The summed E-state index contributed by atoms with van der Waals surface area (Å²) in [6.45, 7) is 7.17. The number of benzene rings is 1. The molecular formula is C18H25N4O2+. The number of likely N-dealkylation sites (tertiary alicyclic amines) is 1. The maximum atomic E-state index is 12.8. The van der Waals surface area contributed by atoms with Crippen LogP contribution in [0.4, 0.5) is 0 Å². The van der Waals surface area contributed by atoms with Gasteiger partial charge in [0.05, 0.1) is 24.0 Å². The van der Waals surface area contributed by atoms with Crippen molar-refractivity contribution in [2.24, 2.45) is 17.6 Å². The molecular weight excluding hydrogens is 304 g/mol. The minimum Gasteiger partial charge on any atom is -0.368 e. The van der Waals surface area contributed by atoms with E-state index >= 15 is 0 Å². The van der Waals surface area contributed by atoms with Crippen molar-refractivity contribution in [1.82, 2.24) is 9.55 Å². The van der Waals surface area contributed by atoms with Crippen LogP contribution < -0.4 is 16.2 Å². The third-order valence-electron chi connectivity index (χ3n) is 4.74. The number of para-hydroxylation sites is 1. The van der Waals surface area contributed by atoms with Crippen LogP contribution in [-0.4, -0.2) is 28.5 Å². The summed E-state index contributed by atoms with van der Waals surface area (Å²) in [5, 5.41) is 0.526. The minimum absolute atomic E-state index is 0.121. The lowest BCUT2D eigenvalue weighted by Gasteiger charge is -2.32. The number of quaternary nitrogens is 1. The molecule has 2 heterocycles. The molecule has 0 saturated carbocycles. The van der Waals surface area contributed by atoms with E-state index in [0.29, 0.717) is 35.1 Å². The average Bonchev–Trinajstić information content (AvgIpc) is 2.50. The van der Waals surface area contributed by atoms with Crippen LogP contribution in [0.5, 0.6) is 0 Å². The van der Waals surface area contributed by atoms with Crippen LogP contribution in [0.25, 0.3) is 10.9 Å². The first-order chi connectivity index (χ1) is 11.4. The zero-order valence-electron chi connectivity index (χ0n) is 14.3. The van der Waals surface area contributed by atoms with E-state index in [9.17, 15) is 9.59 Å². The number of fused-ring (bicyclic) bond motifs is 1. The van der Waals surface area contributed by atoms with Crippen molar-refractivity contribution in [3.8, 4) is 0 Å². The van der Waals surface area contributed by atoms with E-state index in [1.807, 2.05) is 12.1 Å². The monoisotopic (exact) mass is 329 g/mol. The lowest BCUT2D eigenvalue weighted by atomic mass is 9.92. The van der Waals surface area contributed by atoms with Gasteiger partial charge in [-0.15, -0.1) is 0 Å². The van der Waals surface area contributed by atoms with E-state index < -0.39 is 5.91 Å². The predicted octanol–water partition coefficient (Wildman–Crippen LogP) is -0.0574. The molecule has 0 radical (unpaired) electrons. The van der Waals surface area contributed by atoms with Gasteiger partial charge in [-0.1, -0.05) is 26.0 Å². The lowest BCUT2D eigenvalue weighted by molar-refractivity contribution is -0.926. The first-order valence-corrected chi connectivity index (χ1v) is 8.54. The highest BCUT2D eigenvalue weighted by Gasteiger charge is 2.27. The van der Waals surface area contributed by atoms with Gasteiger partial charge in [0.2, 0.25) is 5.91 Å². The van der Waals surface area contributed by atoms with Gasteiger partial charge in [-0.25, -0.2) is 4.98 Å². The Morgan fingerprint density at radius 2 is 1.96 bits per heavy atom. The molecule has 1 fully saturated rings. The molecule has 1 saturated heterocycles. The largest absolute Gasteiger partial charge is 0.368 e. The van der Waals surface area contributed by atoms with Crippen molar-refractivity contribution in [3.05, 3.63) is 40.4 Å². The van der Waals surface area contributed by atoms with Gasteiger partial charge in [-0.05, 0) is 18.6 Å². The van der Waals surface area contributed by atoms with Crippen LogP contribution in [-0.2, 0) is 17.9 Å². The second kappa shape index (κ2) is 6.73. The van der Waals surface area contributed by atoms with E-state index in [4.69, 9.17) is 5.73 Å². The Labute approximate surface area is 141 Å². The van der Waals surface area contributed by atoms with Crippen molar-refractivity contribution < 1.29 is 9.69 Å². The second-order valence-electron chi connectivity index (χ2n) is 7.18. The molecule has 3 N–H and O–H groups in total. The number of primary amides is 1. The van der Waals surface area contributed by atoms with Crippen molar-refractivity contribution >= 4 is 16.8 Å². The number of hydrogen-bond acceptors (Lipinski definition) is 3. The molecule has 128 valence electrons. The minimum atomic E-state index is -0.522. The molecule has 0 aliphatic carbocycles. The van der Waals surface area contributed by atoms with Crippen molar-refractivity contribution in [3.63, 3.8) is 0 Å². The normalized spacial score (nSPS) is 24.2. The van der Waals surface area contributed by atoms with Gasteiger partial charge >= 0.3 is 0 Å². The molecule has 0 bridgehead atoms. The van der Waals surface area contributed by atoms with Crippen molar-refractivity contribution in [1.29, 1.82) is 0 Å². The highest BCUT2D eigenvalue weighted by molar-refractivity contribution is 5.78. The van der Waals surface area contributed by atoms with E-state index in [-0.39, 0.29) is 12.1 Å². The van der Waals surface area contributed by atoms with Gasteiger partial charge in [-0.2, -0.15) is 0 Å². The van der Waals surface area contributed by atoms with E-state index in [1.54, 1.807) is 12.1 Å². The summed E-state index contributed by atoms with van der Waals surface area (Å²) in [6, 6.07) is 7.25. The Morgan fingerprint density at radius 1 is 1.29 bits per heavy atom. The Bertz CT molecular complexity index is 804. The highest BCUT2D eigenvalue weighted by Crippen LogP contribution is 2.13. The molecule has 2 aromatic rings. The molecule has 3 rings (SSSR count). The second-order valence-corrected chi connectivity index (χ2v) is 7.18. The fourth-order valence-electron chi connectivity index (χ4n) is 3.96. The van der Waals surface area contributed by atoms with Gasteiger partial charge < -0.3 is 10.6 Å². The molecule has 6 nitrogen and oxygen atoms in total. The number of nitrogens with zero attached hydrogens (tertiary/aromatic N) is 2. The lowest BCUT2D eigenvalue weighted by Crippen LogP contribution is -3.13. The summed E-state index contributed by atoms with van der Waals surface area (Å²) in [5.74, 6) is 1.43. The van der Waals surface area contributed by atoms with Crippen LogP contribution in [0.1, 0.15) is 26.1 Å². The molecule has 1 aliphatic rings. The molecule has 2 atom stereocenters. The van der Waals surface area contributed by atoms with Crippen LogP contribution in [0.3, 0.4) is 0 Å². The third kappa shape index (κ3) is 3.48. The highest BCUT2D eigenvalue weighted by atomic mass is 16.2. The Morgan fingerprint density at radius 3 is 2.62 bits per heavy atom. The molecule has 1 aromatic heterocycles. The molecule has 1 amide bonds. The molecule has 24 heavy (non-hydrogen) atoms. The van der Waals surface area contributed by atoms with E-state index in [2.05, 4.69) is 18.8 Å². The summed E-state index contributed by atoms with van der Waals surface area (Å²) >= 11 is 0. The first-order valence-electron chi connectivity index (χ1n) is 8.54. The number of nitrogens with two attached hydrogens (primary N) is 1. The summed E-state index contributed by atoms with van der Waals surface area (Å²) in [4.78, 5) is 30.3. The fourth-order valence-corrected chi connectivity index (χ4v) is 3.96. The zero-order valence-corrected chi connectivity index (χ0v) is 14.3. The molecule has 6 heteroatoms. The van der Waals surface area contributed by atoms with Crippen LogP contribution in [0.15, 0.2) is 29.1 Å². The molecule has 0 spiro atoms. The zero-order chi connectivity index (χ0) is 17.3. The maximum absolute atomic E-state index is 12.8. The van der Waals surface area contributed by atoms with Crippen LogP contribution >= 0.6 is 0 Å². The first kappa shape index (κ1) is 16.6. The average molecular weight is 329 g/mol. The van der Waals surface area contributed by atoms with Crippen molar-refractivity contribution in [2.75, 3.05) is 13.1 Å². The maximum Gasteiger partial charge on any atom is 0.262 e. The predicted molar refractivity (Wildman–Crippen MR) is 92.5 cm³/mol. The summed E-state index contributed by atoms with van der Waals surface area (Å²) in [5.41, 5.74) is 5.84. The third-order valence-corrected chi connectivity index (χ3v) is 4.74. The quantitative estimate of drug-likeness (QED) is 0.825. The standard InChI is InChI=1S/C18H24N4O2/c1-12-7-13(2)9-21(8-12)11-17-20-15-6-4-3-5-14(15)18(24)22(17)10-16(19)23/h3-6,12-13H,7-11H2,1-2H3,(H2,19,23)/p+1/t12-,13-/m0/s1. The van der Waals surface area contributed by atoms with Gasteiger partial charge in [0.15, 0.2) is 5.82 Å². The van der Waals surface area contributed by atoms with Gasteiger partial charge in [0.1, 0.15) is 13.1 Å².